The Hall–Kier alpha value is -0.570. The van der Waals surface area contributed by atoms with Crippen LogP contribution in [-0.2, 0) is 4.79 Å². The molecular weight excluding hydrogens is 164 g/mol. The Morgan fingerprint density at radius 3 is 2.85 bits per heavy atom. The van der Waals surface area contributed by atoms with E-state index in [4.69, 9.17) is 0 Å². The number of likely N-dealkylation sites (tertiary alicyclic amines) is 1. The van der Waals surface area contributed by atoms with Gasteiger partial charge in [-0.15, -0.1) is 0 Å². The molecule has 1 fully saturated rings. The van der Waals surface area contributed by atoms with Crippen molar-refractivity contribution in [1.29, 1.82) is 0 Å². The van der Waals surface area contributed by atoms with E-state index in [-0.39, 0.29) is 5.91 Å². The molecule has 1 aliphatic heterocycles. The largest absolute Gasteiger partial charge is 0.359 e. The maximum atomic E-state index is 11.2. The van der Waals surface area contributed by atoms with Crippen LogP contribution in [0.1, 0.15) is 19.8 Å². The summed E-state index contributed by atoms with van der Waals surface area (Å²) in [5, 5.41) is 2.69. The van der Waals surface area contributed by atoms with Gasteiger partial charge in [-0.25, -0.2) is 0 Å². The number of carbonyl (C=O) groups excluding carboxylic acids is 1. The van der Waals surface area contributed by atoms with Crippen LogP contribution in [-0.4, -0.2) is 38.0 Å². The number of nitrogens with zero attached hydrogens (tertiary/aromatic N) is 1. The lowest BCUT2D eigenvalue weighted by Gasteiger charge is -2.34. The van der Waals surface area contributed by atoms with E-state index in [1.54, 1.807) is 7.05 Å². The van der Waals surface area contributed by atoms with Crippen molar-refractivity contribution in [3.05, 3.63) is 0 Å². The molecule has 1 saturated heterocycles. The Balaban J connectivity index is 2.38. The van der Waals surface area contributed by atoms with Gasteiger partial charge in [-0.2, -0.15) is 0 Å². The zero-order valence-electron chi connectivity index (χ0n) is 8.84. The Morgan fingerprint density at radius 1 is 1.62 bits per heavy atom. The van der Waals surface area contributed by atoms with Gasteiger partial charge in [-0.3, -0.25) is 4.79 Å². The van der Waals surface area contributed by atoms with Crippen molar-refractivity contribution in [2.24, 2.45) is 11.8 Å². The first kappa shape index (κ1) is 10.5. The predicted octanol–water partition coefficient (Wildman–Crippen LogP) is 0.710. The van der Waals surface area contributed by atoms with Crippen LogP contribution in [0.2, 0.25) is 0 Å². The lowest BCUT2D eigenvalue weighted by Crippen LogP contribution is -2.38. The summed E-state index contributed by atoms with van der Waals surface area (Å²) < 4.78 is 0. The predicted molar refractivity (Wildman–Crippen MR) is 53.5 cm³/mol. The normalized spacial score (nSPS) is 30.1. The van der Waals surface area contributed by atoms with E-state index in [0.717, 1.165) is 19.5 Å². The Kier molecular flexibility index (Phi) is 3.72. The fraction of sp³-hybridized carbons (Fsp3) is 0.900. The van der Waals surface area contributed by atoms with Crippen LogP contribution in [0.3, 0.4) is 0 Å². The van der Waals surface area contributed by atoms with Gasteiger partial charge in [-0.1, -0.05) is 6.92 Å². The van der Waals surface area contributed by atoms with Gasteiger partial charge in [0.05, 0.1) is 0 Å². The molecule has 13 heavy (non-hydrogen) atoms. The highest BCUT2D eigenvalue weighted by Gasteiger charge is 2.25. The highest BCUT2D eigenvalue weighted by Crippen LogP contribution is 2.24. The van der Waals surface area contributed by atoms with E-state index in [0.29, 0.717) is 18.3 Å². The smallest absolute Gasteiger partial charge is 0.220 e. The molecule has 1 rings (SSSR count). The van der Waals surface area contributed by atoms with E-state index < -0.39 is 0 Å². The molecule has 1 heterocycles. The molecule has 0 radical (unpaired) electrons. The lowest BCUT2D eigenvalue weighted by atomic mass is 9.84. The maximum Gasteiger partial charge on any atom is 0.220 e. The van der Waals surface area contributed by atoms with Gasteiger partial charge < -0.3 is 10.2 Å². The van der Waals surface area contributed by atoms with Crippen molar-refractivity contribution in [3.8, 4) is 0 Å². The van der Waals surface area contributed by atoms with Crippen molar-refractivity contribution in [2.75, 3.05) is 27.2 Å². The first-order valence-corrected chi connectivity index (χ1v) is 5.02. The molecule has 1 aliphatic rings. The highest BCUT2D eigenvalue weighted by atomic mass is 16.1. The quantitative estimate of drug-likeness (QED) is 0.685. The van der Waals surface area contributed by atoms with Crippen LogP contribution < -0.4 is 5.32 Å². The molecule has 76 valence electrons. The summed E-state index contributed by atoms with van der Waals surface area (Å²) in [6.07, 6.45) is 1.86. The van der Waals surface area contributed by atoms with Crippen LogP contribution in [0.25, 0.3) is 0 Å². The third kappa shape index (κ3) is 2.99. The molecule has 1 amide bonds. The zero-order valence-corrected chi connectivity index (χ0v) is 8.84. The summed E-state index contributed by atoms with van der Waals surface area (Å²) >= 11 is 0. The molecule has 0 aromatic carbocycles. The minimum Gasteiger partial charge on any atom is -0.359 e. The van der Waals surface area contributed by atoms with E-state index in [1.165, 1.54) is 0 Å². The maximum absolute atomic E-state index is 11.2. The molecule has 0 spiro atoms. The molecule has 0 aromatic heterocycles. The fourth-order valence-corrected chi connectivity index (χ4v) is 2.05. The number of hydrogen-bond donors (Lipinski definition) is 1. The average molecular weight is 184 g/mol. The van der Waals surface area contributed by atoms with Gasteiger partial charge in [0, 0.05) is 20.0 Å². The van der Waals surface area contributed by atoms with E-state index in [1.807, 2.05) is 0 Å². The van der Waals surface area contributed by atoms with Crippen molar-refractivity contribution in [1.82, 2.24) is 10.2 Å². The minimum atomic E-state index is 0.182. The SMILES string of the molecule is CNC(=O)C[C@@H]1CCN(C)C[C@@H]1C. The minimum absolute atomic E-state index is 0.182. The molecule has 1 N–H and O–H groups in total. The van der Waals surface area contributed by atoms with Gasteiger partial charge in [0.2, 0.25) is 5.91 Å². The molecule has 3 heteroatoms. The summed E-state index contributed by atoms with van der Waals surface area (Å²) in [5.41, 5.74) is 0. The van der Waals surface area contributed by atoms with E-state index in [2.05, 4.69) is 24.2 Å². The zero-order chi connectivity index (χ0) is 9.84. The molecule has 0 bridgehead atoms. The van der Waals surface area contributed by atoms with Crippen molar-refractivity contribution < 1.29 is 4.79 Å². The van der Waals surface area contributed by atoms with Gasteiger partial charge in [0.25, 0.3) is 0 Å². The molecule has 0 aliphatic carbocycles. The van der Waals surface area contributed by atoms with E-state index in [9.17, 15) is 4.79 Å². The molecule has 0 saturated carbocycles. The molecule has 3 nitrogen and oxygen atoms in total. The summed E-state index contributed by atoms with van der Waals surface area (Å²) in [5.74, 6) is 1.41. The number of rotatable bonds is 2. The Morgan fingerprint density at radius 2 is 2.31 bits per heavy atom. The second kappa shape index (κ2) is 4.61. The molecule has 2 atom stereocenters. The summed E-state index contributed by atoms with van der Waals surface area (Å²) in [7, 11) is 3.86. The highest BCUT2D eigenvalue weighted by molar-refractivity contribution is 5.75. The number of nitrogens with one attached hydrogen (secondary N) is 1. The van der Waals surface area contributed by atoms with Crippen molar-refractivity contribution >= 4 is 5.91 Å². The van der Waals surface area contributed by atoms with E-state index >= 15 is 0 Å². The summed E-state index contributed by atoms with van der Waals surface area (Å²) in [6.45, 7) is 4.50. The first-order valence-electron chi connectivity index (χ1n) is 5.02. The second-order valence-corrected chi connectivity index (χ2v) is 4.17. The first-order chi connectivity index (χ1) is 6.13. The number of amides is 1. The van der Waals surface area contributed by atoms with Gasteiger partial charge >= 0.3 is 0 Å². The van der Waals surface area contributed by atoms with Crippen LogP contribution in [0.5, 0.6) is 0 Å². The van der Waals surface area contributed by atoms with Crippen LogP contribution in [0.4, 0.5) is 0 Å². The number of carbonyl (C=O) groups is 1. The van der Waals surface area contributed by atoms with Gasteiger partial charge in [0.1, 0.15) is 0 Å². The van der Waals surface area contributed by atoms with Crippen LogP contribution in [0, 0.1) is 11.8 Å². The van der Waals surface area contributed by atoms with Gasteiger partial charge in [-0.05, 0) is 31.8 Å². The lowest BCUT2D eigenvalue weighted by molar-refractivity contribution is -0.122. The third-order valence-electron chi connectivity index (χ3n) is 3.01. The summed E-state index contributed by atoms with van der Waals surface area (Å²) in [4.78, 5) is 13.5. The van der Waals surface area contributed by atoms with Crippen LogP contribution >= 0.6 is 0 Å². The third-order valence-corrected chi connectivity index (χ3v) is 3.01. The number of piperidine rings is 1. The van der Waals surface area contributed by atoms with Crippen LogP contribution in [0.15, 0.2) is 0 Å². The number of hydrogen-bond acceptors (Lipinski definition) is 2. The second-order valence-electron chi connectivity index (χ2n) is 4.17. The van der Waals surface area contributed by atoms with Gasteiger partial charge in [0.15, 0.2) is 0 Å². The Bertz CT molecular complexity index is 182. The molecule has 0 aromatic rings. The monoisotopic (exact) mass is 184 g/mol. The summed E-state index contributed by atoms with van der Waals surface area (Å²) in [6, 6.07) is 0. The Labute approximate surface area is 80.5 Å². The fourth-order valence-electron chi connectivity index (χ4n) is 2.05. The molecule has 0 unspecified atom stereocenters. The topological polar surface area (TPSA) is 32.3 Å². The van der Waals surface area contributed by atoms with Crippen molar-refractivity contribution in [2.45, 2.75) is 19.8 Å². The molecular formula is C10H20N2O. The standard InChI is InChI=1S/C10H20N2O/c1-8-7-12(3)5-4-9(8)6-10(13)11-2/h8-9H,4-7H2,1-3H3,(H,11,13)/t8-,9-/m0/s1. The average Bonchev–Trinajstić information content (AvgIpc) is 2.09. The van der Waals surface area contributed by atoms with Crippen molar-refractivity contribution in [3.63, 3.8) is 0 Å².